The van der Waals surface area contributed by atoms with E-state index in [0.29, 0.717) is 42.1 Å². The lowest BCUT2D eigenvalue weighted by atomic mass is 9.82. The Balaban J connectivity index is 1.45. The van der Waals surface area contributed by atoms with Gasteiger partial charge in [0.25, 0.3) is 0 Å². The molecule has 4 N–H and O–H groups in total. The smallest absolute Gasteiger partial charge is 0.162 e. The van der Waals surface area contributed by atoms with Crippen LogP contribution in [0.4, 0.5) is 0 Å². The highest BCUT2D eigenvalue weighted by molar-refractivity contribution is 6.31. The van der Waals surface area contributed by atoms with Crippen LogP contribution in [0.1, 0.15) is 48.1 Å². The predicted molar refractivity (Wildman–Crippen MR) is 171 cm³/mol. The lowest BCUT2D eigenvalue weighted by molar-refractivity contribution is 0.256. The molecule has 5 rings (SSSR count). The van der Waals surface area contributed by atoms with E-state index in [1.54, 1.807) is 0 Å². The van der Waals surface area contributed by atoms with E-state index in [4.69, 9.17) is 42.5 Å². The molecule has 1 unspecified atom stereocenters. The van der Waals surface area contributed by atoms with E-state index in [9.17, 15) is 0 Å². The third kappa shape index (κ3) is 7.15. The number of aromatic nitrogens is 2. The summed E-state index contributed by atoms with van der Waals surface area (Å²) in [6.45, 7) is 5.35. The maximum absolute atomic E-state index is 6.69. The van der Waals surface area contributed by atoms with Gasteiger partial charge in [-0.05, 0) is 65.1 Å². The van der Waals surface area contributed by atoms with Gasteiger partial charge in [0.1, 0.15) is 13.2 Å². The quantitative estimate of drug-likeness (QED) is 0.167. The minimum absolute atomic E-state index is 0.359. The average Bonchev–Trinajstić information content (AvgIpc) is 3.02. The van der Waals surface area contributed by atoms with Crippen molar-refractivity contribution in [1.82, 2.24) is 9.97 Å². The van der Waals surface area contributed by atoms with E-state index >= 15 is 0 Å². The lowest BCUT2D eigenvalue weighted by Crippen LogP contribution is -2.36. The Morgan fingerprint density at radius 1 is 0.786 bits per heavy atom. The van der Waals surface area contributed by atoms with Crippen LogP contribution < -0.4 is 20.9 Å². The predicted octanol–water partition coefficient (Wildman–Crippen LogP) is 7.60. The van der Waals surface area contributed by atoms with E-state index < -0.39 is 0 Å². The number of hydrogen-bond acceptors (Lipinski definition) is 6. The third-order valence-corrected chi connectivity index (χ3v) is 7.47. The summed E-state index contributed by atoms with van der Waals surface area (Å²) in [4.78, 5) is 9.62. The van der Waals surface area contributed by atoms with Gasteiger partial charge in [-0.1, -0.05) is 98.3 Å². The van der Waals surface area contributed by atoms with Crippen LogP contribution in [0.25, 0.3) is 23.1 Å². The molecule has 42 heavy (non-hydrogen) atoms. The van der Waals surface area contributed by atoms with Crippen molar-refractivity contribution in [3.8, 4) is 11.5 Å². The molecule has 0 bridgehead atoms. The number of benzene rings is 4. The molecule has 1 heterocycles. The Morgan fingerprint density at radius 2 is 1.43 bits per heavy atom. The van der Waals surface area contributed by atoms with Crippen LogP contribution in [-0.2, 0) is 13.2 Å². The molecule has 0 radical (unpaired) electrons. The molecule has 6 nitrogen and oxygen atoms in total. The van der Waals surface area contributed by atoms with Crippen molar-refractivity contribution < 1.29 is 9.47 Å². The Kier molecular flexibility index (Phi) is 9.18. The van der Waals surface area contributed by atoms with Crippen molar-refractivity contribution in [3.05, 3.63) is 130 Å². The Bertz CT molecular complexity index is 1670. The molecular formula is C35H35ClN4O2. The summed E-state index contributed by atoms with van der Waals surface area (Å²) < 4.78 is 12.4. The molecule has 1 atom stereocenters. The second-order valence-electron chi connectivity index (χ2n) is 10.9. The maximum atomic E-state index is 6.69. The first kappa shape index (κ1) is 29.3. The molecule has 5 aromatic rings. The van der Waals surface area contributed by atoms with E-state index in [1.165, 1.54) is 0 Å². The molecule has 1 aromatic heterocycles. The topological polar surface area (TPSA) is 96.3 Å². The zero-order chi connectivity index (χ0) is 29.5. The largest absolute Gasteiger partial charge is 0.485 e. The SMILES string of the molecule is CC(C)(CN)C(N)c1nc(C=Cc2ccc(OCc3ccccc3)c(OCc3ccccc3)c2)nc2cc(Cl)ccc12. The van der Waals surface area contributed by atoms with Crippen molar-refractivity contribution in [1.29, 1.82) is 0 Å². The fourth-order valence-corrected chi connectivity index (χ4v) is 4.62. The minimum atomic E-state index is -0.389. The van der Waals surface area contributed by atoms with Gasteiger partial charge in [-0.15, -0.1) is 0 Å². The zero-order valence-electron chi connectivity index (χ0n) is 23.8. The maximum Gasteiger partial charge on any atom is 0.162 e. The molecule has 0 aliphatic carbocycles. The number of rotatable bonds is 11. The Morgan fingerprint density at radius 3 is 2.07 bits per heavy atom. The highest BCUT2D eigenvalue weighted by Gasteiger charge is 2.29. The van der Waals surface area contributed by atoms with Gasteiger partial charge in [-0.3, -0.25) is 0 Å². The summed E-state index contributed by atoms with van der Waals surface area (Å²) in [5, 5.41) is 1.46. The van der Waals surface area contributed by atoms with Gasteiger partial charge in [-0.25, -0.2) is 9.97 Å². The first-order valence-electron chi connectivity index (χ1n) is 13.9. The molecule has 0 saturated carbocycles. The molecule has 0 saturated heterocycles. The highest BCUT2D eigenvalue weighted by Crippen LogP contribution is 2.34. The van der Waals surface area contributed by atoms with Gasteiger partial charge in [0.05, 0.1) is 17.3 Å². The van der Waals surface area contributed by atoms with Crippen molar-refractivity contribution in [3.63, 3.8) is 0 Å². The van der Waals surface area contributed by atoms with E-state index in [1.807, 2.05) is 123 Å². The second kappa shape index (κ2) is 13.2. The average molecular weight is 579 g/mol. The lowest BCUT2D eigenvalue weighted by Gasteiger charge is -2.30. The van der Waals surface area contributed by atoms with Gasteiger partial charge in [0.15, 0.2) is 17.3 Å². The molecule has 0 amide bonds. The molecule has 0 fully saturated rings. The molecular weight excluding hydrogens is 544 g/mol. The van der Waals surface area contributed by atoms with Gasteiger partial charge in [0.2, 0.25) is 0 Å². The summed E-state index contributed by atoms with van der Waals surface area (Å²) >= 11 is 6.31. The number of fused-ring (bicyclic) bond motifs is 1. The van der Waals surface area contributed by atoms with Crippen LogP contribution >= 0.6 is 11.6 Å². The summed E-state index contributed by atoms with van der Waals surface area (Å²) in [7, 11) is 0. The molecule has 7 heteroatoms. The van der Waals surface area contributed by atoms with Crippen LogP contribution in [0.3, 0.4) is 0 Å². The number of ether oxygens (including phenoxy) is 2. The van der Waals surface area contributed by atoms with Crippen LogP contribution in [0.2, 0.25) is 5.02 Å². The standard InChI is InChI=1S/C35H35ClN4O2/c1-35(2,23-37)34(38)33-28-16-15-27(36)20-29(28)39-32(40-33)18-14-24-13-17-30(41-21-25-9-5-3-6-10-25)31(19-24)42-22-26-11-7-4-8-12-26/h3-20,34H,21-23,37-38H2,1-2H3. The van der Waals surface area contributed by atoms with Gasteiger partial charge in [-0.2, -0.15) is 0 Å². The summed E-state index contributed by atoms with van der Waals surface area (Å²) in [6.07, 6.45) is 3.82. The van der Waals surface area contributed by atoms with Crippen molar-refractivity contribution >= 4 is 34.7 Å². The number of halogens is 1. The fraction of sp³-hybridized carbons (Fsp3) is 0.200. The van der Waals surface area contributed by atoms with Crippen LogP contribution in [0, 0.1) is 5.41 Å². The van der Waals surface area contributed by atoms with E-state index in [0.717, 1.165) is 33.3 Å². The normalized spacial score (nSPS) is 12.5. The monoisotopic (exact) mass is 578 g/mol. The molecule has 4 aromatic carbocycles. The van der Waals surface area contributed by atoms with Crippen molar-refractivity contribution in [2.75, 3.05) is 6.54 Å². The van der Waals surface area contributed by atoms with Crippen molar-refractivity contribution in [2.45, 2.75) is 33.1 Å². The third-order valence-electron chi connectivity index (χ3n) is 7.24. The molecule has 0 spiro atoms. The van der Waals surface area contributed by atoms with E-state index in [-0.39, 0.29) is 11.5 Å². The number of nitrogens with two attached hydrogens (primary N) is 2. The minimum Gasteiger partial charge on any atom is -0.485 e. The second-order valence-corrected chi connectivity index (χ2v) is 11.3. The summed E-state index contributed by atoms with van der Waals surface area (Å²) in [5.74, 6) is 1.84. The van der Waals surface area contributed by atoms with Gasteiger partial charge in [0, 0.05) is 10.4 Å². The molecule has 0 aliphatic heterocycles. The van der Waals surface area contributed by atoms with Crippen LogP contribution in [0.5, 0.6) is 11.5 Å². The van der Waals surface area contributed by atoms with Crippen molar-refractivity contribution in [2.24, 2.45) is 16.9 Å². The zero-order valence-corrected chi connectivity index (χ0v) is 24.6. The summed E-state index contributed by atoms with van der Waals surface area (Å²) in [6, 6.07) is 31.1. The fourth-order valence-electron chi connectivity index (χ4n) is 4.46. The number of hydrogen-bond donors (Lipinski definition) is 2. The highest BCUT2D eigenvalue weighted by atomic mass is 35.5. The van der Waals surface area contributed by atoms with Gasteiger partial charge >= 0.3 is 0 Å². The van der Waals surface area contributed by atoms with E-state index in [2.05, 4.69) is 0 Å². The Labute approximate surface area is 252 Å². The van der Waals surface area contributed by atoms with Crippen LogP contribution in [0.15, 0.2) is 97.1 Å². The first-order chi connectivity index (χ1) is 20.3. The Hall–Kier alpha value is -4.23. The first-order valence-corrected chi connectivity index (χ1v) is 14.3. The number of nitrogens with zero attached hydrogens (tertiary/aromatic N) is 2. The molecule has 214 valence electrons. The van der Waals surface area contributed by atoms with Crippen LogP contribution in [-0.4, -0.2) is 16.5 Å². The summed E-state index contributed by atoms with van der Waals surface area (Å²) in [5.41, 5.74) is 16.9. The van der Waals surface area contributed by atoms with Gasteiger partial charge < -0.3 is 20.9 Å². The molecule has 0 aliphatic rings.